The average Bonchev–Trinajstić information content (AvgIpc) is 2.31. The summed E-state index contributed by atoms with van der Waals surface area (Å²) in [5.41, 5.74) is 2.75. The van der Waals surface area contributed by atoms with Crippen LogP contribution in [0.2, 0.25) is 5.02 Å². The molecule has 0 aliphatic heterocycles. The van der Waals surface area contributed by atoms with Gasteiger partial charge in [-0.25, -0.2) is 4.98 Å². The van der Waals surface area contributed by atoms with Crippen LogP contribution in [-0.2, 0) is 11.3 Å². The second-order valence-electron chi connectivity index (χ2n) is 3.76. The normalized spacial score (nSPS) is 10.8. The summed E-state index contributed by atoms with van der Waals surface area (Å²) in [4.78, 5) is 4.51. The highest BCUT2D eigenvalue weighted by atomic mass is 35.5. The van der Waals surface area contributed by atoms with Gasteiger partial charge in [0.05, 0.1) is 22.8 Å². The Balaban J connectivity index is 2.63. The number of aromatic nitrogens is 1. The van der Waals surface area contributed by atoms with Crippen LogP contribution in [0.5, 0.6) is 0 Å². The van der Waals surface area contributed by atoms with Gasteiger partial charge in [0.1, 0.15) is 0 Å². The maximum atomic E-state index is 6.17. The Morgan fingerprint density at radius 3 is 2.94 bits per heavy atom. The lowest BCUT2D eigenvalue weighted by molar-refractivity contribution is 0.182. The van der Waals surface area contributed by atoms with Gasteiger partial charge in [0.15, 0.2) is 0 Å². The Bertz CT molecular complexity index is 528. The monoisotopic (exact) mass is 250 g/mol. The molecule has 0 unspecified atom stereocenters. The zero-order valence-corrected chi connectivity index (χ0v) is 10.7. The van der Waals surface area contributed by atoms with Crippen molar-refractivity contribution in [1.29, 1.82) is 0 Å². The van der Waals surface area contributed by atoms with Crippen molar-refractivity contribution in [2.75, 3.05) is 19.0 Å². The average molecular weight is 251 g/mol. The molecule has 0 atom stereocenters. The molecule has 1 aromatic carbocycles. The van der Waals surface area contributed by atoms with Crippen molar-refractivity contribution >= 4 is 28.2 Å². The molecule has 1 heterocycles. The first-order chi connectivity index (χ1) is 8.26. The molecule has 17 heavy (non-hydrogen) atoms. The topological polar surface area (TPSA) is 34.1 Å². The first-order valence-corrected chi connectivity index (χ1v) is 5.95. The Hall–Kier alpha value is -1.32. The van der Waals surface area contributed by atoms with E-state index < -0.39 is 0 Å². The summed E-state index contributed by atoms with van der Waals surface area (Å²) in [5, 5.41) is 5.03. The van der Waals surface area contributed by atoms with Gasteiger partial charge >= 0.3 is 0 Å². The van der Waals surface area contributed by atoms with Crippen molar-refractivity contribution in [1.82, 2.24) is 4.98 Å². The molecule has 2 aromatic rings. The van der Waals surface area contributed by atoms with Crippen molar-refractivity contribution < 1.29 is 4.74 Å². The summed E-state index contributed by atoms with van der Waals surface area (Å²) in [6.07, 6.45) is 0. The van der Waals surface area contributed by atoms with Crippen LogP contribution in [0.15, 0.2) is 24.3 Å². The highest BCUT2D eigenvalue weighted by Crippen LogP contribution is 2.28. The molecule has 0 amide bonds. The third-order valence-electron chi connectivity index (χ3n) is 2.50. The van der Waals surface area contributed by atoms with E-state index in [-0.39, 0.29) is 0 Å². The van der Waals surface area contributed by atoms with Crippen molar-refractivity contribution in [2.45, 2.75) is 13.5 Å². The molecule has 2 rings (SSSR count). The number of hydrogen-bond donors (Lipinski definition) is 1. The fourth-order valence-corrected chi connectivity index (χ4v) is 2.04. The number of rotatable bonds is 4. The van der Waals surface area contributed by atoms with Gasteiger partial charge in [-0.1, -0.05) is 23.7 Å². The van der Waals surface area contributed by atoms with E-state index >= 15 is 0 Å². The standard InChI is InChI=1S/C13H15ClN2O/c1-3-15-12-7-9(8-17-2)16-13-10(12)5-4-6-11(13)14/h4-7H,3,8H2,1-2H3,(H,15,16). The minimum Gasteiger partial charge on any atom is -0.385 e. The molecule has 0 bridgehead atoms. The van der Waals surface area contributed by atoms with Gasteiger partial charge < -0.3 is 10.1 Å². The number of para-hydroxylation sites is 1. The third-order valence-corrected chi connectivity index (χ3v) is 2.81. The van der Waals surface area contributed by atoms with E-state index in [1.165, 1.54) is 0 Å². The summed E-state index contributed by atoms with van der Waals surface area (Å²) in [6.45, 7) is 3.41. The molecule has 4 heteroatoms. The van der Waals surface area contributed by atoms with Gasteiger partial charge in [-0.05, 0) is 19.1 Å². The number of methoxy groups -OCH3 is 1. The van der Waals surface area contributed by atoms with Crippen LogP contribution in [-0.4, -0.2) is 18.6 Å². The Morgan fingerprint density at radius 1 is 1.41 bits per heavy atom. The van der Waals surface area contributed by atoms with Crippen molar-refractivity contribution in [3.05, 3.63) is 35.0 Å². The molecule has 0 saturated carbocycles. The molecule has 0 spiro atoms. The number of hydrogen-bond acceptors (Lipinski definition) is 3. The van der Waals surface area contributed by atoms with Gasteiger partial charge in [0.25, 0.3) is 0 Å². The maximum absolute atomic E-state index is 6.17. The van der Waals surface area contributed by atoms with Crippen LogP contribution in [0.4, 0.5) is 5.69 Å². The quantitative estimate of drug-likeness (QED) is 0.902. The lowest BCUT2D eigenvalue weighted by Gasteiger charge is -2.11. The maximum Gasteiger partial charge on any atom is 0.0913 e. The van der Waals surface area contributed by atoms with Gasteiger partial charge in [-0.2, -0.15) is 0 Å². The Morgan fingerprint density at radius 2 is 2.24 bits per heavy atom. The first kappa shape index (κ1) is 12.1. The molecule has 0 fully saturated rings. The zero-order valence-electron chi connectivity index (χ0n) is 9.96. The second kappa shape index (κ2) is 5.34. The van der Waals surface area contributed by atoms with Crippen LogP contribution in [0.25, 0.3) is 10.9 Å². The fourth-order valence-electron chi connectivity index (χ4n) is 1.83. The third kappa shape index (κ3) is 2.51. The van der Waals surface area contributed by atoms with Gasteiger partial charge in [0, 0.05) is 24.7 Å². The summed E-state index contributed by atoms with van der Waals surface area (Å²) in [5.74, 6) is 0. The van der Waals surface area contributed by atoms with Crippen LogP contribution >= 0.6 is 11.6 Å². The Labute approximate surface area is 106 Å². The van der Waals surface area contributed by atoms with Crippen molar-refractivity contribution in [3.63, 3.8) is 0 Å². The number of halogens is 1. The largest absolute Gasteiger partial charge is 0.385 e. The molecule has 0 saturated heterocycles. The number of benzene rings is 1. The lowest BCUT2D eigenvalue weighted by atomic mass is 10.1. The number of ether oxygens (including phenoxy) is 1. The number of nitrogens with one attached hydrogen (secondary N) is 1. The molecule has 0 aliphatic rings. The van der Waals surface area contributed by atoms with Gasteiger partial charge in [0.2, 0.25) is 0 Å². The summed E-state index contributed by atoms with van der Waals surface area (Å²) < 4.78 is 5.12. The summed E-state index contributed by atoms with van der Waals surface area (Å²) >= 11 is 6.17. The predicted molar refractivity (Wildman–Crippen MR) is 71.6 cm³/mol. The second-order valence-corrected chi connectivity index (χ2v) is 4.17. The van der Waals surface area contributed by atoms with E-state index in [9.17, 15) is 0 Å². The summed E-state index contributed by atoms with van der Waals surface area (Å²) in [7, 11) is 1.66. The SMILES string of the molecule is CCNc1cc(COC)nc2c(Cl)cccc12. The molecule has 0 aliphatic carbocycles. The highest BCUT2D eigenvalue weighted by molar-refractivity contribution is 6.35. The number of anilines is 1. The number of fused-ring (bicyclic) bond motifs is 1. The van der Waals surface area contributed by atoms with Gasteiger partial charge in [-0.15, -0.1) is 0 Å². The van der Waals surface area contributed by atoms with E-state index in [1.54, 1.807) is 7.11 Å². The lowest BCUT2D eigenvalue weighted by Crippen LogP contribution is -2.01. The van der Waals surface area contributed by atoms with Crippen LogP contribution < -0.4 is 5.32 Å². The molecule has 0 radical (unpaired) electrons. The van der Waals surface area contributed by atoms with Crippen LogP contribution in [0.3, 0.4) is 0 Å². The summed E-state index contributed by atoms with van der Waals surface area (Å²) in [6, 6.07) is 7.81. The molecular weight excluding hydrogens is 236 g/mol. The molecule has 1 N–H and O–H groups in total. The smallest absolute Gasteiger partial charge is 0.0913 e. The van der Waals surface area contributed by atoms with E-state index in [0.29, 0.717) is 11.6 Å². The zero-order chi connectivity index (χ0) is 12.3. The Kier molecular flexibility index (Phi) is 3.82. The number of pyridine rings is 1. The first-order valence-electron chi connectivity index (χ1n) is 5.57. The van der Waals surface area contributed by atoms with Crippen molar-refractivity contribution in [2.24, 2.45) is 0 Å². The van der Waals surface area contributed by atoms with Crippen LogP contribution in [0, 0.1) is 0 Å². The highest BCUT2D eigenvalue weighted by Gasteiger charge is 2.07. The van der Waals surface area contributed by atoms with E-state index in [0.717, 1.165) is 28.8 Å². The minimum absolute atomic E-state index is 0.486. The molecule has 90 valence electrons. The van der Waals surface area contributed by atoms with E-state index in [4.69, 9.17) is 16.3 Å². The minimum atomic E-state index is 0.486. The van der Waals surface area contributed by atoms with Crippen LogP contribution in [0.1, 0.15) is 12.6 Å². The van der Waals surface area contributed by atoms with Crippen molar-refractivity contribution in [3.8, 4) is 0 Å². The molecular formula is C13H15ClN2O. The molecule has 3 nitrogen and oxygen atoms in total. The predicted octanol–water partition coefficient (Wildman–Crippen LogP) is 3.47. The van der Waals surface area contributed by atoms with E-state index in [1.807, 2.05) is 24.3 Å². The van der Waals surface area contributed by atoms with Gasteiger partial charge in [-0.3, -0.25) is 0 Å². The fraction of sp³-hybridized carbons (Fsp3) is 0.308. The van der Waals surface area contributed by atoms with E-state index in [2.05, 4.69) is 17.2 Å². The number of nitrogens with zero attached hydrogens (tertiary/aromatic N) is 1. The molecule has 1 aromatic heterocycles.